The SMILES string of the molecule is Cc1ccc(NC(=O)Nc2ccc(N(C)C)c(C(=O)NC(C)c3ccccc3)c2)cc1C. The Morgan fingerprint density at radius 2 is 1.44 bits per heavy atom. The van der Waals surface area contributed by atoms with Gasteiger partial charge in [-0.2, -0.15) is 0 Å². The van der Waals surface area contributed by atoms with Gasteiger partial charge in [-0.25, -0.2) is 4.79 Å². The van der Waals surface area contributed by atoms with E-state index in [1.54, 1.807) is 12.1 Å². The van der Waals surface area contributed by atoms with Gasteiger partial charge < -0.3 is 20.9 Å². The van der Waals surface area contributed by atoms with Crippen molar-refractivity contribution >= 4 is 29.0 Å². The van der Waals surface area contributed by atoms with Crippen molar-refractivity contribution in [3.63, 3.8) is 0 Å². The van der Waals surface area contributed by atoms with Crippen molar-refractivity contribution in [3.05, 3.63) is 89.0 Å². The third-order valence-electron chi connectivity index (χ3n) is 5.39. The summed E-state index contributed by atoms with van der Waals surface area (Å²) in [5, 5.41) is 8.71. The molecule has 3 aromatic rings. The largest absolute Gasteiger partial charge is 0.377 e. The molecule has 6 nitrogen and oxygen atoms in total. The van der Waals surface area contributed by atoms with Crippen molar-refractivity contribution in [3.8, 4) is 0 Å². The maximum Gasteiger partial charge on any atom is 0.323 e. The van der Waals surface area contributed by atoms with E-state index in [0.29, 0.717) is 16.9 Å². The molecule has 3 amide bonds. The number of aryl methyl sites for hydroxylation is 2. The van der Waals surface area contributed by atoms with Crippen LogP contribution in [0.25, 0.3) is 0 Å². The Hall–Kier alpha value is -3.80. The molecule has 3 rings (SSSR count). The second kappa shape index (κ2) is 10.0. The third kappa shape index (κ3) is 5.66. The van der Waals surface area contributed by atoms with Crippen molar-refractivity contribution in [2.24, 2.45) is 0 Å². The minimum atomic E-state index is -0.366. The van der Waals surface area contributed by atoms with Gasteiger partial charge in [-0.15, -0.1) is 0 Å². The first-order valence-electron chi connectivity index (χ1n) is 10.6. The predicted molar refractivity (Wildman–Crippen MR) is 132 cm³/mol. The maximum atomic E-state index is 13.1. The molecule has 0 fully saturated rings. The topological polar surface area (TPSA) is 73.5 Å². The second-order valence-corrected chi connectivity index (χ2v) is 8.11. The highest BCUT2D eigenvalue weighted by molar-refractivity contribution is 6.04. The number of anilines is 3. The number of hydrogen-bond acceptors (Lipinski definition) is 3. The fraction of sp³-hybridized carbons (Fsp3) is 0.231. The van der Waals surface area contributed by atoms with E-state index in [1.165, 1.54) is 0 Å². The van der Waals surface area contributed by atoms with E-state index < -0.39 is 0 Å². The lowest BCUT2D eigenvalue weighted by atomic mass is 10.1. The van der Waals surface area contributed by atoms with Crippen LogP contribution in [-0.4, -0.2) is 26.0 Å². The molecule has 6 heteroatoms. The molecule has 0 saturated carbocycles. The summed E-state index contributed by atoms with van der Waals surface area (Å²) in [6, 6.07) is 20.3. The molecule has 3 aromatic carbocycles. The average Bonchev–Trinajstić information content (AvgIpc) is 2.76. The minimum Gasteiger partial charge on any atom is -0.377 e. The maximum absolute atomic E-state index is 13.1. The van der Waals surface area contributed by atoms with Gasteiger partial charge in [0.2, 0.25) is 0 Å². The quantitative estimate of drug-likeness (QED) is 0.483. The Morgan fingerprint density at radius 1 is 0.812 bits per heavy atom. The summed E-state index contributed by atoms with van der Waals surface area (Å²) in [6.45, 7) is 5.97. The van der Waals surface area contributed by atoms with Crippen molar-refractivity contribution in [1.82, 2.24) is 5.32 Å². The smallest absolute Gasteiger partial charge is 0.323 e. The molecule has 0 radical (unpaired) electrons. The zero-order chi connectivity index (χ0) is 23.3. The zero-order valence-electron chi connectivity index (χ0n) is 19.2. The van der Waals surface area contributed by atoms with Gasteiger partial charge in [-0.1, -0.05) is 36.4 Å². The summed E-state index contributed by atoms with van der Waals surface area (Å²) >= 11 is 0. The van der Waals surface area contributed by atoms with E-state index in [1.807, 2.05) is 94.4 Å². The second-order valence-electron chi connectivity index (χ2n) is 8.11. The average molecular weight is 431 g/mol. The zero-order valence-corrected chi connectivity index (χ0v) is 19.2. The number of urea groups is 1. The Kier molecular flexibility index (Phi) is 7.15. The molecule has 0 bridgehead atoms. The van der Waals surface area contributed by atoms with Gasteiger partial charge in [0.15, 0.2) is 0 Å². The van der Waals surface area contributed by atoms with Gasteiger partial charge in [0.05, 0.1) is 11.6 Å². The summed E-state index contributed by atoms with van der Waals surface area (Å²) in [7, 11) is 3.76. The molecule has 1 atom stereocenters. The molecule has 0 aliphatic carbocycles. The number of benzene rings is 3. The first-order valence-corrected chi connectivity index (χ1v) is 10.6. The van der Waals surface area contributed by atoms with Crippen LogP contribution in [0.15, 0.2) is 66.7 Å². The third-order valence-corrected chi connectivity index (χ3v) is 5.39. The van der Waals surface area contributed by atoms with Gasteiger partial charge in [-0.3, -0.25) is 4.79 Å². The lowest BCUT2D eigenvalue weighted by molar-refractivity contribution is 0.0940. The monoisotopic (exact) mass is 430 g/mol. The van der Waals surface area contributed by atoms with Gasteiger partial charge in [0.1, 0.15) is 0 Å². The van der Waals surface area contributed by atoms with Crippen LogP contribution in [0, 0.1) is 13.8 Å². The number of nitrogens with one attached hydrogen (secondary N) is 3. The highest BCUT2D eigenvalue weighted by atomic mass is 16.2. The fourth-order valence-electron chi connectivity index (χ4n) is 3.40. The molecule has 0 saturated heterocycles. The Bertz CT molecular complexity index is 1110. The number of carbonyl (C=O) groups excluding carboxylic acids is 2. The summed E-state index contributed by atoms with van der Waals surface area (Å²) < 4.78 is 0. The van der Waals surface area contributed by atoms with Crippen LogP contribution in [0.2, 0.25) is 0 Å². The number of nitrogens with zero attached hydrogens (tertiary/aromatic N) is 1. The first-order chi connectivity index (χ1) is 15.2. The molecule has 1 unspecified atom stereocenters. The van der Waals surface area contributed by atoms with E-state index in [4.69, 9.17) is 0 Å². The van der Waals surface area contributed by atoms with Crippen LogP contribution >= 0.6 is 0 Å². The van der Waals surface area contributed by atoms with Crippen LogP contribution in [0.4, 0.5) is 21.9 Å². The lowest BCUT2D eigenvalue weighted by Gasteiger charge is -2.20. The molecule has 0 spiro atoms. The van der Waals surface area contributed by atoms with Crippen LogP contribution in [0.3, 0.4) is 0 Å². The van der Waals surface area contributed by atoms with Gasteiger partial charge >= 0.3 is 6.03 Å². The lowest BCUT2D eigenvalue weighted by Crippen LogP contribution is -2.28. The molecule has 32 heavy (non-hydrogen) atoms. The molecule has 166 valence electrons. The Labute approximate surface area is 189 Å². The van der Waals surface area contributed by atoms with Crippen molar-refractivity contribution in [1.29, 1.82) is 0 Å². The summed E-state index contributed by atoms with van der Waals surface area (Å²) in [5.74, 6) is -0.205. The van der Waals surface area contributed by atoms with Crippen molar-refractivity contribution in [2.75, 3.05) is 29.6 Å². The van der Waals surface area contributed by atoms with Crippen molar-refractivity contribution in [2.45, 2.75) is 26.8 Å². The molecular weight excluding hydrogens is 400 g/mol. The van der Waals surface area contributed by atoms with Crippen molar-refractivity contribution < 1.29 is 9.59 Å². The summed E-state index contributed by atoms with van der Waals surface area (Å²) in [6.07, 6.45) is 0. The van der Waals surface area contributed by atoms with Gasteiger partial charge in [0.25, 0.3) is 5.91 Å². The van der Waals surface area contributed by atoms with E-state index in [-0.39, 0.29) is 18.0 Å². The predicted octanol–water partition coefficient (Wildman–Crippen LogP) is 5.50. The van der Waals surface area contributed by atoms with Crippen LogP contribution in [0.1, 0.15) is 40.0 Å². The summed E-state index contributed by atoms with van der Waals surface area (Å²) in [4.78, 5) is 27.5. The molecule has 3 N–H and O–H groups in total. The molecule has 0 aromatic heterocycles. The van der Waals surface area contributed by atoms with Crippen LogP contribution in [0.5, 0.6) is 0 Å². The minimum absolute atomic E-state index is 0.150. The fourth-order valence-corrected chi connectivity index (χ4v) is 3.40. The molecular formula is C26H30N4O2. The normalized spacial score (nSPS) is 11.4. The van der Waals surface area contributed by atoms with Crippen LogP contribution < -0.4 is 20.9 Å². The standard InChI is InChI=1S/C26H30N4O2/c1-17-11-12-21(15-18(17)2)28-26(32)29-22-13-14-24(30(4)5)23(16-22)25(31)27-19(3)20-9-7-6-8-10-20/h6-16,19H,1-5H3,(H,27,31)(H2,28,29,32). The Morgan fingerprint density at radius 3 is 2.06 bits per heavy atom. The van der Waals surface area contributed by atoms with E-state index in [0.717, 1.165) is 22.4 Å². The molecule has 0 heterocycles. The van der Waals surface area contributed by atoms with Gasteiger partial charge in [-0.05, 0) is 67.8 Å². The number of rotatable bonds is 6. The number of hydrogen-bond donors (Lipinski definition) is 3. The Balaban J connectivity index is 1.76. The number of amides is 3. The molecule has 0 aliphatic rings. The first kappa shape index (κ1) is 22.9. The van der Waals surface area contributed by atoms with E-state index >= 15 is 0 Å². The van der Waals surface area contributed by atoms with Crippen LogP contribution in [-0.2, 0) is 0 Å². The highest BCUT2D eigenvalue weighted by Crippen LogP contribution is 2.24. The number of carbonyl (C=O) groups is 2. The molecule has 0 aliphatic heterocycles. The highest BCUT2D eigenvalue weighted by Gasteiger charge is 2.17. The van der Waals surface area contributed by atoms with Gasteiger partial charge in [0, 0.05) is 31.2 Å². The summed E-state index contributed by atoms with van der Waals surface area (Å²) in [5.41, 5.74) is 5.79. The van der Waals surface area contributed by atoms with E-state index in [9.17, 15) is 9.59 Å². The van der Waals surface area contributed by atoms with E-state index in [2.05, 4.69) is 16.0 Å².